The van der Waals surface area contributed by atoms with Crippen molar-refractivity contribution >= 4 is 21.8 Å². The molecule has 0 amide bonds. The van der Waals surface area contributed by atoms with Gasteiger partial charge in [-0.1, -0.05) is 12.1 Å². The SMILES string of the molecule is O=S1(=O)C=Cc2ccc(C3CC3)cc2N1. The van der Waals surface area contributed by atoms with Gasteiger partial charge in [-0.25, -0.2) is 8.42 Å². The van der Waals surface area contributed by atoms with Gasteiger partial charge < -0.3 is 0 Å². The summed E-state index contributed by atoms with van der Waals surface area (Å²) in [6, 6.07) is 6.01. The van der Waals surface area contributed by atoms with Crippen LogP contribution in [0.3, 0.4) is 0 Å². The lowest BCUT2D eigenvalue weighted by atomic mass is 10.1. The molecule has 0 spiro atoms. The smallest absolute Gasteiger partial charge is 0.255 e. The minimum absolute atomic E-state index is 0.644. The molecular weight excluding hydrogens is 210 g/mol. The third-order valence-corrected chi connectivity index (χ3v) is 3.80. The average Bonchev–Trinajstić information content (AvgIpc) is 2.98. The first-order valence-corrected chi connectivity index (χ1v) is 6.53. The van der Waals surface area contributed by atoms with Crippen molar-refractivity contribution in [2.75, 3.05) is 4.72 Å². The summed E-state index contributed by atoms with van der Waals surface area (Å²) in [6.07, 6.45) is 4.08. The third-order valence-electron chi connectivity index (χ3n) is 2.81. The van der Waals surface area contributed by atoms with Crippen LogP contribution in [-0.2, 0) is 10.0 Å². The van der Waals surface area contributed by atoms with Gasteiger partial charge in [0.25, 0.3) is 10.0 Å². The van der Waals surface area contributed by atoms with Gasteiger partial charge in [0.1, 0.15) is 0 Å². The molecule has 1 aliphatic heterocycles. The zero-order valence-electron chi connectivity index (χ0n) is 8.10. The maximum absolute atomic E-state index is 11.3. The normalized spacial score (nSPS) is 21.9. The Morgan fingerprint density at radius 2 is 2.07 bits per heavy atom. The highest BCUT2D eigenvalue weighted by Crippen LogP contribution is 2.41. The topological polar surface area (TPSA) is 46.2 Å². The summed E-state index contributed by atoms with van der Waals surface area (Å²) in [5.74, 6) is 0.644. The Morgan fingerprint density at radius 3 is 2.80 bits per heavy atom. The molecule has 3 rings (SSSR count). The van der Waals surface area contributed by atoms with E-state index in [1.54, 1.807) is 6.08 Å². The number of rotatable bonds is 1. The van der Waals surface area contributed by atoms with Crippen LogP contribution in [0.25, 0.3) is 6.08 Å². The summed E-state index contributed by atoms with van der Waals surface area (Å²) in [4.78, 5) is 0. The summed E-state index contributed by atoms with van der Waals surface area (Å²) < 4.78 is 25.2. The highest BCUT2D eigenvalue weighted by Gasteiger charge is 2.25. The van der Waals surface area contributed by atoms with Crippen molar-refractivity contribution in [2.24, 2.45) is 0 Å². The van der Waals surface area contributed by atoms with Gasteiger partial charge in [0, 0.05) is 0 Å². The van der Waals surface area contributed by atoms with Gasteiger partial charge in [0.15, 0.2) is 0 Å². The molecule has 1 fully saturated rings. The standard InChI is InChI=1S/C11H11NO2S/c13-15(14)6-5-9-3-4-10(8-1-2-8)7-11(9)12-15/h3-8,12H,1-2H2. The first kappa shape index (κ1) is 8.97. The average molecular weight is 221 g/mol. The van der Waals surface area contributed by atoms with E-state index in [-0.39, 0.29) is 0 Å². The molecule has 1 heterocycles. The van der Waals surface area contributed by atoms with Gasteiger partial charge in [-0.3, -0.25) is 4.72 Å². The van der Waals surface area contributed by atoms with Crippen molar-refractivity contribution in [1.82, 2.24) is 0 Å². The monoisotopic (exact) mass is 221 g/mol. The van der Waals surface area contributed by atoms with Crippen LogP contribution >= 0.6 is 0 Å². The Morgan fingerprint density at radius 1 is 1.27 bits per heavy atom. The van der Waals surface area contributed by atoms with E-state index >= 15 is 0 Å². The molecule has 0 aromatic heterocycles. The molecule has 0 atom stereocenters. The fourth-order valence-corrected chi connectivity index (χ4v) is 2.71. The minimum atomic E-state index is -3.25. The van der Waals surface area contributed by atoms with E-state index in [4.69, 9.17) is 0 Å². The highest BCUT2D eigenvalue weighted by molar-refractivity contribution is 7.95. The van der Waals surface area contributed by atoms with E-state index in [2.05, 4.69) is 10.8 Å². The number of benzene rings is 1. The van der Waals surface area contributed by atoms with Gasteiger partial charge in [-0.05, 0) is 42.0 Å². The molecule has 1 N–H and O–H groups in total. The molecule has 2 aliphatic rings. The van der Waals surface area contributed by atoms with Gasteiger partial charge in [-0.2, -0.15) is 0 Å². The summed E-state index contributed by atoms with van der Waals surface area (Å²) in [5.41, 5.74) is 2.89. The maximum Gasteiger partial charge on any atom is 0.255 e. The second kappa shape index (κ2) is 2.85. The Kier molecular flexibility index (Phi) is 1.71. The lowest BCUT2D eigenvalue weighted by Gasteiger charge is -2.14. The van der Waals surface area contributed by atoms with Crippen LogP contribution in [-0.4, -0.2) is 8.42 Å². The molecule has 78 valence electrons. The second-order valence-electron chi connectivity index (χ2n) is 4.07. The molecule has 4 heteroatoms. The number of hydrogen-bond acceptors (Lipinski definition) is 2. The Balaban J connectivity index is 2.08. The van der Waals surface area contributed by atoms with E-state index in [0.29, 0.717) is 11.6 Å². The fourth-order valence-electron chi connectivity index (χ4n) is 1.83. The van der Waals surface area contributed by atoms with Crippen LogP contribution in [0.15, 0.2) is 23.6 Å². The summed E-state index contributed by atoms with van der Waals surface area (Å²) in [6.45, 7) is 0. The second-order valence-corrected chi connectivity index (χ2v) is 5.64. The molecule has 1 aromatic carbocycles. The van der Waals surface area contributed by atoms with Crippen molar-refractivity contribution in [3.63, 3.8) is 0 Å². The Hall–Kier alpha value is -1.29. The van der Waals surface area contributed by atoms with Crippen molar-refractivity contribution < 1.29 is 8.42 Å². The van der Waals surface area contributed by atoms with Crippen LogP contribution in [0, 0.1) is 0 Å². The van der Waals surface area contributed by atoms with Crippen molar-refractivity contribution in [3.8, 4) is 0 Å². The lowest BCUT2D eigenvalue weighted by molar-refractivity contribution is 0.609. The van der Waals surface area contributed by atoms with Crippen molar-refractivity contribution in [1.29, 1.82) is 0 Å². The lowest BCUT2D eigenvalue weighted by Crippen LogP contribution is -2.13. The quantitative estimate of drug-likeness (QED) is 0.790. The number of sulfonamides is 1. The van der Waals surface area contributed by atoms with Crippen molar-refractivity contribution in [3.05, 3.63) is 34.7 Å². The zero-order chi connectivity index (χ0) is 10.5. The molecule has 0 radical (unpaired) electrons. The molecular formula is C11H11NO2S. The first-order valence-electron chi connectivity index (χ1n) is 4.99. The predicted octanol–water partition coefficient (Wildman–Crippen LogP) is 2.29. The van der Waals surface area contributed by atoms with Crippen LogP contribution in [0.5, 0.6) is 0 Å². The number of anilines is 1. The summed E-state index contributed by atoms with van der Waals surface area (Å²) >= 11 is 0. The molecule has 0 unspecified atom stereocenters. The van der Waals surface area contributed by atoms with Crippen LogP contribution < -0.4 is 4.72 Å². The summed E-state index contributed by atoms with van der Waals surface area (Å²) in [7, 11) is -3.25. The Bertz CT molecular complexity index is 542. The molecule has 15 heavy (non-hydrogen) atoms. The molecule has 0 saturated heterocycles. The van der Waals surface area contributed by atoms with Crippen LogP contribution in [0.2, 0.25) is 0 Å². The Labute approximate surface area is 88.9 Å². The largest absolute Gasteiger partial charge is 0.280 e. The van der Waals surface area contributed by atoms with Gasteiger partial charge in [0.2, 0.25) is 0 Å². The van der Waals surface area contributed by atoms with E-state index in [1.807, 2.05) is 12.1 Å². The molecule has 1 saturated carbocycles. The number of nitrogens with one attached hydrogen (secondary N) is 1. The molecule has 3 nitrogen and oxygen atoms in total. The number of fused-ring (bicyclic) bond motifs is 1. The first-order chi connectivity index (χ1) is 7.14. The molecule has 0 bridgehead atoms. The van der Waals surface area contributed by atoms with Gasteiger partial charge >= 0.3 is 0 Å². The molecule has 1 aromatic rings. The maximum atomic E-state index is 11.3. The van der Waals surface area contributed by atoms with E-state index in [9.17, 15) is 8.42 Å². The van der Waals surface area contributed by atoms with Crippen LogP contribution in [0.4, 0.5) is 5.69 Å². The van der Waals surface area contributed by atoms with Crippen molar-refractivity contribution in [2.45, 2.75) is 18.8 Å². The highest BCUT2D eigenvalue weighted by atomic mass is 32.2. The van der Waals surface area contributed by atoms with E-state index in [0.717, 1.165) is 5.56 Å². The van der Waals surface area contributed by atoms with Crippen LogP contribution in [0.1, 0.15) is 29.9 Å². The van der Waals surface area contributed by atoms with Gasteiger partial charge in [0.05, 0.1) is 11.1 Å². The third kappa shape index (κ3) is 1.65. The number of hydrogen-bond donors (Lipinski definition) is 1. The fraction of sp³-hybridized carbons (Fsp3) is 0.273. The van der Waals surface area contributed by atoms with Gasteiger partial charge in [-0.15, -0.1) is 0 Å². The van der Waals surface area contributed by atoms with E-state index < -0.39 is 10.0 Å². The predicted molar refractivity (Wildman–Crippen MR) is 60.0 cm³/mol. The zero-order valence-corrected chi connectivity index (χ0v) is 8.92. The van der Waals surface area contributed by atoms with E-state index in [1.165, 1.54) is 23.8 Å². The molecule has 1 aliphatic carbocycles. The minimum Gasteiger partial charge on any atom is -0.280 e. The summed E-state index contributed by atoms with van der Waals surface area (Å²) in [5, 5.41) is 1.20.